The molecule has 8 heteroatoms. The van der Waals surface area contributed by atoms with Crippen molar-refractivity contribution in [3.05, 3.63) is 58.8 Å². The zero-order chi connectivity index (χ0) is 17.1. The molecular weight excluding hydrogens is 328 g/mol. The molecule has 7 nitrogen and oxygen atoms in total. The topological polar surface area (TPSA) is 98.0 Å². The molecule has 0 radical (unpaired) electrons. The maximum absolute atomic E-state index is 11.0. The summed E-state index contributed by atoms with van der Waals surface area (Å²) >= 11 is 1.34. The predicted octanol–water partition coefficient (Wildman–Crippen LogP) is 3.65. The van der Waals surface area contributed by atoms with E-state index in [0.717, 1.165) is 10.3 Å². The number of fused-ring (bicyclic) bond motifs is 1. The number of non-ortho nitro benzene ring substituents is 1. The number of amides is 1. The first-order valence-corrected chi connectivity index (χ1v) is 7.79. The highest BCUT2D eigenvalue weighted by molar-refractivity contribution is 7.99. The highest BCUT2D eigenvalue weighted by Gasteiger charge is 2.09. The monoisotopic (exact) mass is 340 g/mol. The number of hydrogen-bond acceptors (Lipinski definition) is 6. The fourth-order valence-corrected chi connectivity index (χ4v) is 2.80. The Morgan fingerprint density at radius 3 is 2.62 bits per heavy atom. The van der Waals surface area contributed by atoms with Crippen LogP contribution in [0.25, 0.3) is 10.9 Å². The molecule has 1 aromatic heterocycles. The largest absolute Gasteiger partial charge is 0.326 e. The minimum absolute atomic E-state index is 0.00295. The second-order valence-corrected chi connectivity index (χ2v) is 6.00. The lowest BCUT2D eigenvalue weighted by Crippen LogP contribution is -2.05. The molecule has 0 atom stereocenters. The van der Waals surface area contributed by atoms with Crippen LogP contribution in [0, 0.1) is 10.1 Å². The standard InChI is InChI=1S/C16H12N4O3S/c1-10(21)18-12-3-6-14(7-4-12)24-16-17-9-11-2-5-13(20(22)23)8-15(11)19-16/h2-9H,1H3,(H,18,21). The zero-order valence-corrected chi connectivity index (χ0v) is 13.4. The number of anilines is 1. The minimum Gasteiger partial charge on any atom is -0.326 e. The molecule has 1 amide bonds. The number of nitro benzene ring substituents is 1. The molecule has 0 aliphatic carbocycles. The van der Waals surface area contributed by atoms with Crippen molar-refractivity contribution < 1.29 is 9.72 Å². The quantitative estimate of drug-likeness (QED) is 0.442. The summed E-state index contributed by atoms with van der Waals surface area (Å²) in [5.74, 6) is -0.130. The first kappa shape index (κ1) is 15.9. The van der Waals surface area contributed by atoms with Gasteiger partial charge in [-0.05, 0) is 42.1 Å². The minimum atomic E-state index is -0.449. The van der Waals surface area contributed by atoms with E-state index in [1.54, 1.807) is 24.4 Å². The number of carbonyl (C=O) groups is 1. The fraction of sp³-hybridized carbons (Fsp3) is 0.0625. The van der Waals surface area contributed by atoms with E-state index in [9.17, 15) is 14.9 Å². The van der Waals surface area contributed by atoms with E-state index in [1.807, 2.05) is 12.1 Å². The lowest BCUT2D eigenvalue weighted by molar-refractivity contribution is -0.384. The molecule has 0 aliphatic rings. The summed E-state index contributed by atoms with van der Waals surface area (Å²) in [7, 11) is 0. The van der Waals surface area contributed by atoms with Gasteiger partial charge in [-0.15, -0.1) is 0 Å². The van der Waals surface area contributed by atoms with Crippen molar-refractivity contribution in [3.63, 3.8) is 0 Å². The molecule has 120 valence electrons. The summed E-state index contributed by atoms with van der Waals surface area (Å²) in [6.45, 7) is 1.45. The number of hydrogen-bond donors (Lipinski definition) is 1. The summed E-state index contributed by atoms with van der Waals surface area (Å²) in [6, 6.07) is 11.8. The van der Waals surface area contributed by atoms with E-state index >= 15 is 0 Å². The lowest BCUT2D eigenvalue weighted by Gasteiger charge is -2.04. The van der Waals surface area contributed by atoms with Gasteiger partial charge in [0.2, 0.25) is 5.91 Å². The number of nitro groups is 1. The Kier molecular flexibility index (Phi) is 4.39. The second kappa shape index (κ2) is 6.63. The van der Waals surface area contributed by atoms with Crippen LogP contribution in [0.2, 0.25) is 0 Å². The summed E-state index contributed by atoms with van der Waals surface area (Å²) in [6.07, 6.45) is 1.64. The molecule has 0 spiro atoms. The van der Waals surface area contributed by atoms with Crippen LogP contribution < -0.4 is 5.32 Å². The Hall–Kier alpha value is -3.00. The predicted molar refractivity (Wildman–Crippen MR) is 91.1 cm³/mol. The first-order chi connectivity index (χ1) is 11.5. The van der Waals surface area contributed by atoms with Gasteiger partial charge in [0.1, 0.15) is 0 Å². The molecule has 3 aromatic rings. The van der Waals surface area contributed by atoms with Gasteiger partial charge < -0.3 is 5.32 Å². The van der Waals surface area contributed by atoms with Crippen molar-refractivity contribution >= 4 is 39.9 Å². The van der Waals surface area contributed by atoms with Gasteiger partial charge in [0.15, 0.2) is 5.16 Å². The maximum Gasteiger partial charge on any atom is 0.271 e. The average molecular weight is 340 g/mol. The molecule has 24 heavy (non-hydrogen) atoms. The number of aromatic nitrogens is 2. The number of rotatable bonds is 4. The normalized spacial score (nSPS) is 10.5. The van der Waals surface area contributed by atoms with Crippen molar-refractivity contribution in [1.29, 1.82) is 0 Å². The third-order valence-electron chi connectivity index (χ3n) is 3.14. The van der Waals surface area contributed by atoms with Gasteiger partial charge in [0.05, 0.1) is 10.4 Å². The molecule has 0 saturated heterocycles. The zero-order valence-electron chi connectivity index (χ0n) is 12.6. The average Bonchev–Trinajstić information content (AvgIpc) is 2.55. The summed E-state index contributed by atoms with van der Waals surface area (Å²) in [4.78, 5) is 30.9. The van der Waals surface area contributed by atoms with Crippen molar-refractivity contribution in [2.24, 2.45) is 0 Å². The van der Waals surface area contributed by atoms with Crippen LogP contribution in [0.1, 0.15) is 6.92 Å². The van der Waals surface area contributed by atoms with E-state index in [2.05, 4.69) is 15.3 Å². The molecule has 0 unspecified atom stereocenters. The van der Waals surface area contributed by atoms with E-state index in [0.29, 0.717) is 16.4 Å². The van der Waals surface area contributed by atoms with Gasteiger partial charge in [0.25, 0.3) is 5.69 Å². The van der Waals surface area contributed by atoms with Gasteiger partial charge in [-0.2, -0.15) is 0 Å². The van der Waals surface area contributed by atoms with Crippen LogP contribution in [0.4, 0.5) is 11.4 Å². The lowest BCUT2D eigenvalue weighted by atomic mass is 10.2. The Morgan fingerprint density at radius 2 is 1.96 bits per heavy atom. The Morgan fingerprint density at radius 1 is 1.21 bits per heavy atom. The number of nitrogens with one attached hydrogen (secondary N) is 1. The van der Waals surface area contributed by atoms with Crippen LogP contribution in [-0.2, 0) is 4.79 Å². The Bertz CT molecular complexity index is 928. The van der Waals surface area contributed by atoms with Crippen LogP contribution in [0.5, 0.6) is 0 Å². The number of nitrogens with zero attached hydrogens (tertiary/aromatic N) is 3. The van der Waals surface area contributed by atoms with Gasteiger partial charge in [-0.3, -0.25) is 14.9 Å². The number of carbonyl (C=O) groups excluding carboxylic acids is 1. The van der Waals surface area contributed by atoms with E-state index in [4.69, 9.17) is 0 Å². The van der Waals surface area contributed by atoms with Gasteiger partial charge in [0, 0.05) is 41.2 Å². The SMILES string of the molecule is CC(=O)Nc1ccc(Sc2ncc3ccc([N+](=O)[O-])cc3n2)cc1. The van der Waals surface area contributed by atoms with Crippen molar-refractivity contribution in [3.8, 4) is 0 Å². The molecule has 1 heterocycles. The summed E-state index contributed by atoms with van der Waals surface area (Å²) in [5, 5.41) is 14.8. The van der Waals surface area contributed by atoms with E-state index in [1.165, 1.54) is 30.8 Å². The van der Waals surface area contributed by atoms with Gasteiger partial charge in [-0.25, -0.2) is 9.97 Å². The van der Waals surface area contributed by atoms with Gasteiger partial charge >= 0.3 is 0 Å². The highest BCUT2D eigenvalue weighted by Crippen LogP contribution is 2.27. The molecule has 0 saturated carbocycles. The Labute approximate surface area is 141 Å². The van der Waals surface area contributed by atoms with E-state index < -0.39 is 4.92 Å². The van der Waals surface area contributed by atoms with E-state index in [-0.39, 0.29) is 11.6 Å². The van der Waals surface area contributed by atoms with Crippen LogP contribution in [0.3, 0.4) is 0 Å². The third kappa shape index (κ3) is 3.66. The highest BCUT2D eigenvalue weighted by atomic mass is 32.2. The van der Waals surface area contributed by atoms with Crippen molar-refractivity contribution in [2.75, 3.05) is 5.32 Å². The molecule has 0 fully saturated rings. The molecule has 0 aliphatic heterocycles. The molecular formula is C16H12N4O3S. The van der Waals surface area contributed by atoms with Gasteiger partial charge in [-0.1, -0.05) is 0 Å². The fourth-order valence-electron chi connectivity index (χ4n) is 2.07. The molecule has 2 aromatic carbocycles. The van der Waals surface area contributed by atoms with Crippen LogP contribution >= 0.6 is 11.8 Å². The summed E-state index contributed by atoms with van der Waals surface area (Å²) < 4.78 is 0. The molecule has 0 bridgehead atoms. The van der Waals surface area contributed by atoms with Crippen molar-refractivity contribution in [1.82, 2.24) is 9.97 Å². The summed E-state index contributed by atoms with van der Waals surface area (Å²) in [5.41, 5.74) is 1.23. The molecule has 3 rings (SSSR count). The van der Waals surface area contributed by atoms with Crippen LogP contribution in [0.15, 0.2) is 58.7 Å². The molecule has 1 N–H and O–H groups in total. The Balaban J connectivity index is 1.84. The van der Waals surface area contributed by atoms with Crippen LogP contribution in [-0.4, -0.2) is 20.8 Å². The maximum atomic E-state index is 11.0. The third-order valence-corrected chi connectivity index (χ3v) is 4.03. The number of benzene rings is 2. The second-order valence-electron chi connectivity index (χ2n) is 4.96. The van der Waals surface area contributed by atoms with Crippen molar-refractivity contribution in [2.45, 2.75) is 17.0 Å². The smallest absolute Gasteiger partial charge is 0.271 e. The first-order valence-electron chi connectivity index (χ1n) is 6.98.